The third kappa shape index (κ3) is 14.4. The van der Waals surface area contributed by atoms with E-state index in [1.807, 2.05) is 0 Å². The highest BCUT2D eigenvalue weighted by Crippen LogP contribution is 2.06. The van der Waals surface area contributed by atoms with E-state index in [1.165, 1.54) is 0 Å². The van der Waals surface area contributed by atoms with Crippen LogP contribution in [-0.2, 0) is 14.4 Å². The molecule has 9 N–H and O–H groups in total. The molecule has 0 aromatic carbocycles. The summed E-state index contributed by atoms with van der Waals surface area (Å²) in [5.41, 5.74) is 0. The van der Waals surface area contributed by atoms with Gasteiger partial charge in [0.25, 0.3) is 0 Å². The first-order chi connectivity index (χ1) is 16.0. The van der Waals surface area contributed by atoms with E-state index in [2.05, 4.69) is 35.1 Å². The summed E-state index contributed by atoms with van der Waals surface area (Å²) < 4.78 is 0. The molecule has 0 unspecified atom stereocenters. The lowest BCUT2D eigenvalue weighted by Gasteiger charge is -2.25. The van der Waals surface area contributed by atoms with Crippen LogP contribution < -0.4 is 21.3 Å². The van der Waals surface area contributed by atoms with Gasteiger partial charge in [-0.25, -0.2) is 0 Å². The molecular weight excluding hydrogens is 448 g/mol. The van der Waals surface area contributed by atoms with Crippen LogP contribution in [0.4, 0.5) is 0 Å². The van der Waals surface area contributed by atoms with Crippen molar-refractivity contribution in [1.29, 1.82) is 0 Å². The minimum Gasteiger partial charge on any atom is -0.394 e. The van der Waals surface area contributed by atoms with Crippen molar-refractivity contribution in [3.63, 3.8) is 0 Å². The zero-order valence-electron chi connectivity index (χ0n) is 20.5. The van der Waals surface area contributed by atoms with E-state index < -0.39 is 49.5 Å². The molecule has 0 aliphatic heterocycles. The van der Waals surface area contributed by atoms with Crippen molar-refractivity contribution < 1.29 is 39.9 Å². The topological polar surface area (TPSA) is 200 Å². The fraction of sp³-hybridized carbons (Fsp3) is 0.864. The summed E-state index contributed by atoms with van der Waals surface area (Å²) >= 11 is 0. The van der Waals surface area contributed by atoms with Gasteiger partial charge in [-0.2, -0.15) is 0 Å². The van der Waals surface area contributed by atoms with Gasteiger partial charge < -0.3 is 46.8 Å². The summed E-state index contributed by atoms with van der Waals surface area (Å²) in [7, 11) is 1.57. The van der Waals surface area contributed by atoms with Crippen LogP contribution in [0.3, 0.4) is 0 Å². The van der Waals surface area contributed by atoms with Crippen LogP contribution in [0.2, 0.25) is 0 Å². The minimum absolute atomic E-state index is 0.0551. The quantitative estimate of drug-likeness (QED) is 0.0864. The first kappa shape index (κ1) is 32.2. The molecule has 0 radical (unpaired) electrons. The van der Waals surface area contributed by atoms with Gasteiger partial charge >= 0.3 is 0 Å². The molecular formula is C22H44N4O8. The molecule has 0 spiro atoms. The summed E-state index contributed by atoms with van der Waals surface area (Å²) in [5.74, 6) is -0.337. The summed E-state index contributed by atoms with van der Waals surface area (Å²) in [6, 6.07) is -0.665. The number of nitrogens with one attached hydrogen (secondary N) is 4. The molecule has 0 saturated heterocycles. The second kappa shape index (κ2) is 18.5. The first-order valence-electron chi connectivity index (χ1n) is 11.8. The third-order valence-electron chi connectivity index (χ3n) is 5.34. The molecule has 0 aliphatic rings. The van der Waals surface area contributed by atoms with Gasteiger partial charge in [-0.1, -0.05) is 26.7 Å². The summed E-state index contributed by atoms with van der Waals surface area (Å²) in [5, 5.41) is 57.8. The molecule has 5 atom stereocenters. The van der Waals surface area contributed by atoms with Crippen molar-refractivity contribution >= 4 is 17.7 Å². The van der Waals surface area contributed by atoms with E-state index in [0.29, 0.717) is 12.5 Å². The van der Waals surface area contributed by atoms with Crippen LogP contribution in [0.15, 0.2) is 0 Å². The van der Waals surface area contributed by atoms with Gasteiger partial charge in [0.15, 0.2) is 0 Å². The number of aliphatic hydroxyl groups excluding tert-OH is 5. The Balaban J connectivity index is 4.15. The van der Waals surface area contributed by atoms with Crippen molar-refractivity contribution in [2.45, 2.75) is 82.8 Å². The molecule has 3 amide bonds. The molecule has 0 aromatic heterocycles. The van der Waals surface area contributed by atoms with Gasteiger partial charge in [0, 0.05) is 32.5 Å². The Hall–Kier alpha value is -1.83. The minimum atomic E-state index is -1.78. The van der Waals surface area contributed by atoms with E-state index in [4.69, 9.17) is 5.11 Å². The number of amides is 3. The largest absolute Gasteiger partial charge is 0.394 e. The van der Waals surface area contributed by atoms with Gasteiger partial charge in [0.2, 0.25) is 17.7 Å². The number of carbonyl (C=O) groups is 3. The Morgan fingerprint density at radius 3 is 1.97 bits per heavy atom. The Morgan fingerprint density at radius 1 is 0.765 bits per heavy atom. The van der Waals surface area contributed by atoms with Crippen LogP contribution in [0.5, 0.6) is 0 Å². The maximum absolute atomic E-state index is 12.3. The molecule has 12 nitrogen and oxygen atoms in total. The number of hydrogen-bond acceptors (Lipinski definition) is 9. The third-order valence-corrected chi connectivity index (χ3v) is 5.34. The van der Waals surface area contributed by atoms with Crippen LogP contribution in [0, 0.1) is 5.92 Å². The number of likely N-dealkylation sites (N-methyl/N-ethyl adjacent to an activating group) is 1. The average molecular weight is 493 g/mol. The monoisotopic (exact) mass is 492 g/mol. The molecule has 0 fully saturated rings. The maximum atomic E-state index is 12.3. The molecule has 0 bridgehead atoms. The van der Waals surface area contributed by atoms with Gasteiger partial charge in [-0.05, 0) is 25.8 Å². The number of aliphatic hydroxyl groups is 5. The fourth-order valence-electron chi connectivity index (χ4n) is 3.09. The van der Waals surface area contributed by atoms with E-state index in [-0.39, 0.29) is 37.6 Å². The average Bonchev–Trinajstić information content (AvgIpc) is 2.80. The van der Waals surface area contributed by atoms with Gasteiger partial charge in [-0.15, -0.1) is 0 Å². The lowest BCUT2D eigenvalue weighted by Crippen LogP contribution is -2.49. The SMILES string of the molecule is CN[C@@H](CCC(=O)NC[C@H](O)[C@@H](O)[C@H](O)[C@H](O)CO)C(=O)NCCC(=O)NCCCCC(C)C. The van der Waals surface area contributed by atoms with Crippen LogP contribution in [0.1, 0.15) is 52.4 Å². The van der Waals surface area contributed by atoms with Crippen molar-refractivity contribution in [3.8, 4) is 0 Å². The second-order valence-electron chi connectivity index (χ2n) is 8.76. The summed E-state index contributed by atoms with van der Waals surface area (Å²) in [4.78, 5) is 36.1. The van der Waals surface area contributed by atoms with Crippen molar-refractivity contribution in [2.75, 3.05) is 33.3 Å². The molecule has 0 aromatic rings. The predicted octanol–water partition coefficient (Wildman–Crippen LogP) is -2.64. The smallest absolute Gasteiger partial charge is 0.237 e. The van der Waals surface area contributed by atoms with Gasteiger partial charge in [-0.3, -0.25) is 14.4 Å². The van der Waals surface area contributed by atoms with E-state index in [9.17, 15) is 34.8 Å². The predicted molar refractivity (Wildman–Crippen MR) is 126 cm³/mol. The fourth-order valence-corrected chi connectivity index (χ4v) is 3.09. The van der Waals surface area contributed by atoms with Gasteiger partial charge in [0.1, 0.15) is 18.3 Å². The highest BCUT2D eigenvalue weighted by molar-refractivity contribution is 5.84. The Morgan fingerprint density at radius 2 is 1.38 bits per heavy atom. The van der Waals surface area contributed by atoms with Gasteiger partial charge in [0.05, 0.1) is 18.8 Å². The van der Waals surface area contributed by atoms with Crippen LogP contribution >= 0.6 is 0 Å². The zero-order chi connectivity index (χ0) is 26.1. The molecule has 0 heterocycles. The molecule has 34 heavy (non-hydrogen) atoms. The van der Waals surface area contributed by atoms with Crippen molar-refractivity contribution in [3.05, 3.63) is 0 Å². The lowest BCUT2D eigenvalue weighted by atomic mass is 10.0. The van der Waals surface area contributed by atoms with Crippen LogP contribution in [0.25, 0.3) is 0 Å². The molecule has 12 heteroatoms. The van der Waals surface area contributed by atoms with Crippen LogP contribution in [-0.4, -0.2) is 107 Å². The first-order valence-corrected chi connectivity index (χ1v) is 11.8. The van der Waals surface area contributed by atoms with E-state index >= 15 is 0 Å². The molecule has 0 aliphatic carbocycles. The maximum Gasteiger partial charge on any atom is 0.237 e. The van der Waals surface area contributed by atoms with Crippen molar-refractivity contribution in [1.82, 2.24) is 21.3 Å². The Bertz CT molecular complexity index is 593. The van der Waals surface area contributed by atoms with E-state index in [0.717, 1.165) is 19.3 Å². The highest BCUT2D eigenvalue weighted by Gasteiger charge is 2.30. The Kier molecular flexibility index (Phi) is 17.5. The van der Waals surface area contributed by atoms with E-state index in [1.54, 1.807) is 7.05 Å². The highest BCUT2D eigenvalue weighted by atomic mass is 16.4. The summed E-state index contributed by atoms with van der Waals surface area (Å²) in [6.07, 6.45) is -3.39. The number of unbranched alkanes of at least 4 members (excludes halogenated alkanes) is 1. The number of carbonyl (C=O) groups excluding carboxylic acids is 3. The standard InChI is InChI=1S/C22H44N4O8/c1-14(2)6-4-5-10-24-19(31)9-11-25-22(34)15(23-3)7-8-18(30)26-12-16(28)20(32)21(33)17(29)13-27/h14-17,20-21,23,27-29,32-33H,4-13H2,1-3H3,(H,24,31)(H,25,34)(H,26,30)/t15-,16-,17+,20+,21+/m0/s1. The normalized spacial score (nSPS) is 15.8. The molecule has 200 valence electrons. The second-order valence-corrected chi connectivity index (χ2v) is 8.76. The lowest BCUT2D eigenvalue weighted by molar-refractivity contribution is -0.126. The molecule has 0 rings (SSSR count). The number of hydrogen-bond donors (Lipinski definition) is 9. The Labute approximate surface area is 201 Å². The number of rotatable bonds is 19. The zero-order valence-corrected chi connectivity index (χ0v) is 20.5. The summed E-state index contributed by atoms with van der Waals surface area (Å²) in [6.45, 7) is 3.91. The van der Waals surface area contributed by atoms with Crippen molar-refractivity contribution in [2.24, 2.45) is 5.92 Å². The molecule has 0 saturated carbocycles.